The van der Waals surface area contributed by atoms with E-state index in [-0.39, 0.29) is 35.2 Å². The van der Waals surface area contributed by atoms with Gasteiger partial charge in [0.15, 0.2) is 0 Å². The van der Waals surface area contributed by atoms with Crippen molar-refractivity contribution in [3.05, 3.63) is 53.1 Å². The lowest BCUT2D eigenvalue weighted by Crippen LogP contribution is -2.41. The number of benzene rings is 2. The largest absolute Gasteiger partial charge is 0.377 e. The van der Waals surface area contributed by atoms with Gasteiger partial charge in [-0.15, -0.1) is 0 Å². The van der Waals surface area contributed by atoms with Crippen molar-refractivity contribution in [2.24, 2.45) is 11.8 Å². The summed E-state index contributed by atoms with van der Waals surface area (Å²) < 4.78 is 28.8. The molecule has 0 fully saturated rings. The Morgan fingerprint density at radius 3 is 2.22 bits per heavy atom. The predicted molar refractivity (Wildman–Crippen MR) is 133 cm³/mol. The normalized spacial score (nSPS) is 13.0. The second kappa shape index (κ2) is 10.7. The van der Waals surface area contributed by atoms with Crippen LogP contribution >= 0.6 is 11.6 Å². The molecule has 1 N–H and O–H groups in total. The van der Waals surface area contributed by atoms with Crippen molar-refractivity contribution in [3.63, 3.8) is 0 Å². The lowest BCUT2D eigenvalue weighted by atomic mass is 10.1. The van der Waals surface area contributed by atoms with E-state index in [0.717, 1.165) is 11.3 Å². The third-order valence-corrected chi connectivity index (χ3v) is 7.66. The van der Waals surface area contributed by atoms with E-state index in [1.807, 2.05) is 71.8 Å². The van der Waals surface area contributed by atoms with Gasteiger partial charge in [-0.2, -0.15) is 4.31 Å². The summed E-state index contributed by atoms with van der Waals surface area (Å²) in [6, 6.07) is 11.7. The van der Waals surface area contributed by atoms with Gasteiger partial charge in [-0.25, -0.2) is 8.42 Å². The Hall–Kier alpha value is -2.09. The lowest BCUT2D eigenvalue weighted by Gasteiger charge is -2.32. The molecule has 2 aromatic rings. The number of rotatable bonds is 9. The molecular weight excluding hydrogens is 446 g/mol. The summed E-state index contributed by atoms with van der Waals surface area (Å²) in [4.78, 5) is 14.3. The zero-order chi connectivity index (χ0) is 24.2. The molecule has 0 heterocycles. The Kier molecular flexibility index (Phi) is 8.74. The summed E-state index contributed by atoms with van der Waals surface area (Å²) in [5.74, 6) is -0.157. The van der Waals surface area contributed by atoms with Gasteiger partial charge in [0.05, 0.1) is 4.90 Å². The minimum atomic E-state index is -3.81. The molecule has 8 heteroatoms. The zero-order valence-electron chi connectivity index (χ0n) is 19.9. The molecule has 0 spiro atoms. The monoisotopic (exact) mass is 479 g/mol. The fraction of sp³-hybridized carbons (Fsp3) is 0.458. The zero-order valence-corrected chi connectivity index (χ0v) is 21.5. The average molecular weight is 480 g/mol. The van der Waals surface area contributed by atoms with E-state index < -0.39 is 10.0 Å². The van der Waals surface area contributed by atoms with Crippen LogP contribution in [-0.4, -0.2) is 38.8 Å². The molecule has 1 atom stereocenters. The van der Waals surface area contributed by atoms with Crippen LogP contribution in [0.4, 0.5) is 11.4 Å². The van der Waals surface area contributed by atoms with Crippen molar-refractivity contribution >= 4 is 38.9 Å². The quantitative estimate of drug-likeness (QED) is 0.534. The van der Waals surface area contributed by atoms with Crippen molar-refractivity contribution in [3.8, 4) is 0 Å². The van der Waals surface area contributed by atoms with Gasteiger partial charge in [0.1, 0.15) is 0 Å². The summed E-state index contributed by atoms with van der Waals surface area (Å²) in [6.07, 6.45) is 0. The standard InChI is InChI=1S/C24H34ClN3O3S/c1-16(2)18(5)28(32(30,31)22-10-8-9-20(25)14-22)15-19-13-21(26-24(29)17(3)4)11-12-23(19)27(6)7/h8-14,16-18H,15H2,1-7H3,(H,26,29). The van der Waals surface area contributed by atoms with E-state index >= 15 is 0 Å². The van der Waals surface area contributed by atoms with Crippen LogP contribution in [0.15, 0.2) is 47.4 Å². The Morgan fingerprint density at radius 2 is 1.69 bits per heavy atom. The van der Waals surface area contributed by atoms with Crippen LogP contribution in [0.3, 0.4) is 0 Å². The molecule has 0 bridgehead atoms. The maximum atomic E-state index is 13.7. The first-order valence-electron chi connectivity index (χ1n) is 10.7. The minimum Gasteiger partial charge on any atom is -0.377 e. The highest BCUT2D eigenvalue weighted by atomic mass is 35.5. The molecule has 0 radical (unpaired) electrons. The Bertz CT molecular complexity index is 1050. The third-order valence-electron chi connectivity index (χ3n) is 5.50. The summed E-state index contributed by atoms with van der Waals surface area (Å²) in [5.41, 5.74) is 2.33. The molecule has 1 unspecified atom stereocenters. The maximum Gasteiger partial charge on any atom is 0.243 e. The number of carbonyl (C=O) groups excluding carboxylic acids is 1. The first-order chi connectivity index (χ1) is 14.8. The molecule has 176 valence electrons. The number of sulfonamides is 1. The fourth-order valence-corrected chi connectivity index (χ4v) is 5.27. The summed E-state index contributed by atoms with van der Waals surface area (Å²) in [6.45, 7) is 9.72. The van der Waals surface area contributed by atoms with E-state index in [1.54, 1.807) is 18.2 Å². The molecule has 0 saturated carbocycles. The first kappa shape index (κ1) is 26.2. The summed E-state index contributed by atoms with van der Waals surface area (Å²) in [5, 5.41) is 3.28. The Morgan fingerprint density at radius 1 is 1.03 bits per heavy atom. The second-order valence-electron chi connectivity index (χ2n) is 8.87. The summed E-state index contributed by atoms with van der Waals surface area (Å²) in [7, 11) is 0.00443. The highest BCUT2D eigenvalue weighted by Crippen LogP contribution is 2.30. The van der Waals surface area contributed by atoms with Gasteiger partial charge in [-0.3, -0.25) is 4.79 Å². The van der Waals surface area contributed by atoms with Gasteiger partial charge in [0.2, 0.25) is 15.9 Å². The topological polar surface area (TPSA) is 69.7 Å². The van der Waals surface area contributed by atoms with Gasteiger partial charge >= 0.3 is 0 Å². The number of amides is 1. The minimum absolute atomic E-state index is 0.0903. The number of anilines is 2. The van der Waals surface area contributed by atoms with Gasteiger partial charge in [-0.1, -0.05) is 45.4 Å². The van der Waals surface area contributed by atoms with Crippen LogP contribution < -0.4 is 10.2 Å². The smallest absolute Gasteiger partial charge is 0.243 e. The van der Waals surface area contributed by atoms with E-state index in [2.05, 4.69) is 5.32 Å². The van der Waals surface area contributed by atoms with Crippen molar-refractivity contribution in [2.75, 3.05) is 24.3 Å². The number of nitrogens with zero attached hydrogens (tertiary/aromatic N) is 2. The third kappa shape index (κ3) is 6.24. The van der Waals surface area contributed by atoms with E-state index in [9.17, 15) is 13.2 Å². The van der Waals surface area contributed by atoms with Crippen molar-refractivity contribution in [2.45, 2.75) is 52.1 Å². The van der Waals surface area contributed by atoms with Crippen LogP contribution in [0.2, 0.25) is 5.02 Å². The molecule has 2 aromatic carbocycles. The van der Waals surface area contributed by atoms with Crippen LogP contribution in [0.5, 0.6) is 0 Å². The predicted octanol–water partition coefficient (Wildman–Crippen LogP) is 5.24. The Labute approximate surface area is 197 Å². The number of nitrogens with one attached hydrogen (secondary N) is 1. The van der Waals surface area contributed by atoms with Gasteiger partial charge in [0, 0.05) is 49.0 Å². The molecule has 0 aliphatic heterocycles. The molecule has 0 aliphatic carbocycles. The lowest BCUT2D eigenvalue weighted by molar-refractivity contribution is -0.118. The van der Waals surface area contributed by atoms with Crippen molar-refractivity contribution < 1.29 is 13.2 Å². The SMILES string of the molecule is CC(C)C(=O)Nc1ccc(N(C)C)c(CN(C(C)C(C)C)S(=O)(=O)c2cccc(Cl)c2)c1. The van der Waals surface area contributed by atoms with Crippen LogP contribution in [-0.2, 0) is 21.4 Å². The molecule has 6 nitrogen and oxygen atoms in total. The number of hydrogen-bond donors (Lipinski definition) is 1. The molecule has 0 aromatic heterocycles. The van der Waals surface area contributed by atoms with Gasteiger partial charge < -0.3 is 10.2 Å². The number of halogens is 1. The molecule has 1 amide bonds. The van der Waals surface area contributed by atoms with Crippen molar-refractivity contribution in [1.29, 1.82) is 0 Å². The molecule has 32 heavy (non-hydrogen) atoms. The van der Waals surface area contributed by atoms with Gasteiger partial charge in [-0.05, 0) is 54.8 Å². The maximum absolute atomic E-state index is 13.7. The van der Waals surface area contributed by atoms with Crippen LogP contribution in [0.25, 0.3) is 0 Å². The molecule has 0 saturated heterocycles. The first-order valence-corrected chi connectivity index (χ1v) is 12.5. The van der Waals surface area contributed by atoms with E-state index in [1.165, 1.54) is 10.4 Å². The van der Waals surface area contributed by atoms with Crippen LogP contribution in [0, 0.1) is 11.8 Å². The number of hydrogen-bond acceptors (Lipinski definition) is 4. The highest BCUT2D eigenvalue weighted by molar-refractivity contribution is 7.89. The molecular formula is C24H34ClN3O3S. The van der Waals surface area contributed by atoms with Crippen LogP contribution in [0.1, 0.15) is 40.2 Å². The fourth-order valence-electron chi connectivity index (χ4n) is 3.22. The van der Waals surface area contributed by atoms with E-state index in [4.69, 9.17) is 11.6 Å². The van der Waals surface area contributed by atoms with Crippen molar-refractivity contribution in [1.82, 2.24) is 4.31 Å². The van der Waals surface area contributed by atoms with Gasteiger partial charge in [0.25, 0.3) is 0 Å². The number of carbonyl (C=O) groups is 1. The van der Waals surface area contributed by atoms with E-state index in [0.29, 0.717) is 10.7 Å². The molecule has 0 aliphatic rings. The molecule has 2 rings (SSSR count). The summed E-state index contributed by atoms with van der Waals surface area (Å²) >= 11 is 6.09. The second-order valence-corrected chi connectivity index (χ2v) is 11.2. The average Bonchev–Trinajstić information content (AvgIpc) is 2.71. The Balaban J connectivity index is 2.56. The highest BCUT2D eigenvalue weighted by Gasteiger charge is 2.32.